The summed E-state index contributed by atoms with van der Waals surface area (Å²) >= 11 is 0. The fourth-order valence-electron chi connectivity index (χ4n) is 1.37. The van der Waals surface area contributed by atoms with Crippen molar-refractivity contribution in [1.29, 1.82) is 0 Å². The van der Waals surface area contributed by atoms with Gasteiger partial charge in [0.1, 0.15) is 11.4 Å². The van der Waals surface area contributed by atoms with E-state index in [1.807, 2.05) is 6.92 Å². The SMILES string of the molecule is CC[C@@H](C)OCc1c(S(=O)(=O)Cl)cnn1CC(F)F. The fourth-order valence-corrected chi connectivity index (χ4v) is 2.38. The van der Waals surface area contributed by atoms with Crippen LogP contribution >= 0.6 is 10.7 Å². The lowest BCUT2D eigenvalue weighted by atomic mass is 10.3. The van der Waals surface area contributed by atoms with Crippen molar-refractivity contribution in [3.63, 3.8) is 0 Å². The van der Waals surface area contributed by atoms with Gasteiger partial charge in [0.25, 0.3) is 15.5 Å². The van der Waals surface area contributed by atoms with Crippen LogP contribution in [0, 0.1) is 0 Å². The van der Waals surface area contributed by atoms with Crippen molar-refractivity contribution in [2.45, 2.75) is 50.8 Å². The predicted molar refractivity (Wildman–Crippen MR) is 65.8 cm³/mol. The quantitative estimate of drug-likeness (QED) is 0.725. The van der Waals surface area contributed by atoms with Gasteiger partial charge >= 0.3 is 0 Å². The zero-order chi connectivity index (χ0) is 14.6. The second-order valence-corrected chi connectivity index (χ2v) is 6.53. The molecule has 110 valence electrons. The summed E-state index contributed by atoms with van der Waals surface area (Å²) in [6.45, 7) is 2.84. The van der Waals surface area contributed by atoms with Crippen molar-refractivity contribution >= 4 is 19.7 Å². The van der Waals surface area contributed by atoms with Gasteiger partial charge in [0, 0.05) is 10.7 Å². The van der Waals surface area contributed by atoms with Crippen LogP contribution in [0.1, 0.15) is 26.0 Å². The monoisotopic (exact) mass is 316 g/mol. The molecule has 0 radical (unpaired) electrons. The molecule has 5 nitrogen and oxygen atoms in total. The van der Waals surface area contributed by atoms with Crippen LogP contribution in [0.25, 0.3) is 0 Å². The van der Waals surface area contributed by atoms with Crippen molar-refractivity contribution in [3.8, 4) is 0 Å². The zero-order valence-electron chi connectivity index (χ0n) is 10.5. The number of hydrogen-bond donors (Lipinski definition) is 0. The van der Waals surface area contributed by atoms with E-state index in [-0.39, 0.29) is 23.3 Å². The maximum absolute atomic E-state index is 12.4. The van der Waals surface area contributed by atoms with Crippen LogP contribution in [0.5, 0.6) is 0 Å². The lowest BCUT2D eigenvalue weighted by Crippen LogP contribution is -2.15. The number of alkyl halides is 2. The van der Waals surface area contributed by atoms with Crippen molar-refractivity contribution < 1.29 is 21.9 Å². The molecule has 0 N–H and O–H groups in total. The third kappa shape index (κ3) is 4.70. The van der Waals surface area contributed by atoms with Gasteiger partial charge in [-0.2, -0.15) is 5.10 Å². The first kappa shape index (κ1) is 16.3. The van der Waals surface area contributed by atoms with Gasteiger partial charge in [-0.25, -0.2) is 17.2 Å². The zero-order valence-corrected chi connectivity index (χ0v) is 12.1. The van der Waals surface area contributed by atoms with Gasteiger partial charge in [0.2, 0.25) is 0 Å². The predicted octanol–water partition coefficient (Wildman–Crippen LogP) is 2.39. The minimum Gasteiger partial charge on any atom is -0.372 e. The molecule has 0 aromatic carbocycles. The highest BCUT2D eigenvalue weighted by molar-refractivity contribution is 8.13. The molecule has 1 rings (SSSR count). The average molecular weight is 317 g/mol. The molecule has 0 fully saturated rings. The van der Waals surface area contributed by atoms with Crippen molar-refractivity contribution in [2.75, 3.05) is 0 Å². The van der Waals surface area contributed by atoms with Gasteiger partial charge in [-0.3, -0.25) is 4.68 Å². The minimum absolute atomic E-state index is 0.0376. The Hall–Kier alpha value is -0.730. The van der Waals surface area contributed by atoms with Gasteiger partial charge in [0.15, 0.2) is 0 Å². The Morgan fingerprint density at radius 3 is 2.63 bits per heavy atom. The number of hydrogen-bond acceptors (Lipinski definition) is 4. The third-order valence-electron chi connectivity index (χ3n) is 2.56. The number of rotatable bonds is 7. The van der Waals surface area contributed by atoms with Crippen LogP contribution in [0.15, 0.2) is 11.1 Å². The van der Waals surface area contributed by atoms with E-state index < -0.39 is 22.0 Å². The topological polar surface area (TPSA) is 61.2 Å². The summed E-state index contributed by atoms with van der Waals surface area (Å²) in [6, 6.07) is 0. The number of nitrogens with zero attached hydrogens (tertiary/aromatic N) is 2. The first-order chi connectivity index (χ1) is 8.75. The summed E-state index contributed by atoms with van der Waals surface area (Å²) in [5, 5.41) is 3.62. The molecule has 19 heavy (non-hydrogen) atoms. The van der Waals surface area contributed by atoms with E-state index in [1.54, 1.807) is 6.92 Å². The highest BCUT2D eigenvalue weighted by Crippen LogP contribution is 2.22. The summed E-state index contributed by atoms with van der Waals surface area (Å²) in [5.74, 6) is 0. The second-order valence-electron chi connectivity index (χ2n) is 4.00. The van der Waals surface area contributed by atoms with Crippen LogP contribution in [-0.4, -0.2) is 30.7 Å². The lowest BCUT2D eigenvalue weighted by Gasteiger charge is -2.13. The van der Waals surface area contributed by atoms with Crippen molar-refractivity contribution in [3.05, 3.63) is 11.9 Å². The smallest absolute Gasteiger partial charge is 0.264 e. The first-order valence-electron chi connectivity index (χ1n) is 5.64. The molecule has 0 amide bonds. The van der Waals surface area contributed by atoms with Crippen LogP contribution < -0.4 is 0 Å². The standard InChI is InChI=1S/C10H15ClF2N2O3S/c1-3-7(2)18-6-8-9(19(11,16)17)4-14-15(8)5-10(12)13/h4,7,10H,3,5-6H2,1-2H3/t7-/m1/s1. The second kappa shape index (κ2) is 6.62. The largest absolute Gasteiger partial charge is 0.372 e. The molecule has 1 atom stereocenters. The molecule has 0 bridgehead atoms. The molecule has 1 heterocycles. The van der Waals surface area contributed by atoms with Gasteiger partial charge in [-0.15, -0.1) is 0 Å². The number of ether oxygens (including phenoxy) is 1. The Morgan fingerprint density at radius 1 is 1.53 bits per heavy atom. The Kier molecular flexibility index (Phi) is 5.69. The van der Waals surface area contributed by atoms with Gasteiger partial charge in [0.05, 0.1) is 24.6 Å². The Morgan fingerprint density at radius 2 is 2.16 bits per heavy atom. The molecular weight excluding hydrogens is 302 g/mol. The van der Waals surface area contributed by atoms with Gasteiger partial charge in [-0.05, 0) is 13.3 Å². The van der Waals surface area contributed by atoms with E-state index in [9.17, 15) is 17.2 Å². The van der Waals surface area contributed by atoms with Crippen LogP contribution in [0.2, 0.25) is 0 Å². The highest BCUT2D eigenvalue weighted by Gasteiger charge is 2.23. The van der Waals surface area contributed by atoms with Gasteiger partial charge in [-0.1, -0.05) is 6.92 Å². The molecule has 0 aliphatic carbocycles. The van der Waals surface area contributed by atoms with E-state index in [2.05, 4.69) is 5.10 Å². The number of halogens is 3. The van der Waals surface area contributed by atoms with Crippen molar-refractivity contribution in [2.24, 2.45) is 0 Å². The summed E-state index contributed by atoms with van der Waals surface area (Å²) < 4.78 is 53.7. The van der Waals surface area contributed by atoms with E-state index in [4.69, 9.17) is 15.4 Å². The summed E-state index contributed by atoms with van der Waals surface area (Å²) in [4.78, 5) is -0.293. The first-order valence-corrected chi connectivity index (χ1v) is 7.95. The van der Waals surface area contributed by atoms with E-state index in [0.29, 0.717) is 6.42 Å². The maximum atomic E-state index is 12.4. The molecular formula is C10H15ClF2N2O3S. The van der Waals surface area contributed by atoms with Crippen LogP contribution in [0.3, 0.4) is 0 Å². The van der Waals surface area contributed by atoms with E-state index >= 15 is 0 Å². The molecule has 1 aromatic heterocycles. The third-order valence-corrected chi connectivity index (χ3v) is 3.93. The normalized spacial score (nSPS) is 14.0. The number of aromatic nitrogens is 2. The molecule has 1 aromatic rings. The molecule has 0 saturated heterocycles. The van der Waals surface area contributed by atoms with E-state index in [0.717, 1.165) is 10.9 Å². The summed E-state index contributed by atoms with van der Waals surface area (Å²) in [7, 11) is 1.20. The lowest BCUT2D eigenvalue weighted by molar-refractivity contribution is 0.0425. The molecule has 0 saturated carbocycles. The Labute approximate surface area is 114 Å². The molecule has 9 heteroatoms. The molecule has 0 unspecified atom stereocenters. The molecule has 0 aliphatic rings. The van der Waals surface area contributed by atoms with Crippen LogP contribution in [-0.2, 0) is 26.9 Å². The van der Waals surface area contributed by atoms with E-state index in [1.165, 1.54) is 0 Å². The van der Waals surface area contributed by atoms with Crippen LogP contribution in [0.4, 0.5) is 8.78 Å². The summed E-state index contributed by atoms with van der Waals surface area (Å²) in [5.41, 5.74) is 0.0376. The average Bonchev–Trinajstić information content (AvgIpc) is 2.67. The van der Waals surface area contributed by atoms with Gasteiger partial charge < -0.3 is 4.74 Å². The van der Waals surface area contributed by atoms with Crippen molar-refractivity contribution in [1.82, 2.24) is 9.78 Å². The molecule has 0 spiro atoms. The minimum atomic E-state index is -4.04. The summed E-state index contributed by atoms with van der Waals surface area (Å²) in [6.07, 6.45) is -1.10. The fraction of sp³-hybridized carbons (Fsp3) is 0.700. The Balaban J connectivity index is 3.04. The molecule has 0 aliphatic heterocycles. The Bertz CT molecular complexity index is 519. The highest BCUT2D eigenvalue weighted by atomic mass is 35.7. The maximum Gasteiger partial charge on any atom is 0.264 e.